The predicted molar refractivity (Wildman–Crippen MR) is 240 cm³/mol. The Morgan fingerprint density at radius 2 is 1.56 bits per heavy atom. The normalized spacial score (nSPS) is 20.4. The molecule has 1 fully saturated rings. The van der Waals surface area contributed by atoms with Crippen molar-refractivity contribution in [1.82, 2.24) is 46.3 Å². The highest BCUT2D eigenvalue weighted by Crippen LogP contribution is 2.25. The van der Waals surface area contributed by atoms with Crippen molar-refractivity contribution in [2.24, 2.45) is 11.8 Å². The summed E-state index contributed by atoms with van der Waals surface area (Å²) in [5.74, 6) is -1.62. The number of likely N-dealkylation sites (N-methyl/N-ethyl adjacent to an activating group) is 1. The van der Waals surface area contributed by atoms with Gasteiger partial charge in [-0.3, -0.25) is 48.3 Å². The minimum absolute atomic E-state index is 0.0000727. The quantitative estimate of drug-likeness (QED) is 0.108. The number of aliphatic carboxylic acids is 2. The molecule has 18 nitrogen and oxygen atoms in total. The van der Waals surface area contributed by atoms with E-state index in [0.29, 0.717) is 62.2 Å². The van der Waals surface area contributed by atoms with Crippen molar-refractivity contribution in [3.8, 4) is 0 Å². The lowest BCUT2D eigenvalue weighted by Crippen LogP contribution is -2.66. The predicted octanol–water partition coefficient (Wildman–Crippen LogP) is 0.990. The van der Waals surface area contributed by atoms with Crippen molar-refractivity contribution in [3.63, 3.8) is 0 Å². The first-order valence-corrected chi connectivity index (χ1v) is 24.0. The SMILES string of the molecule is CC[C@H](C)[C@@H]1NC(=O)[C@H](CC(C)C)NC(=O)C2(CCN(C(=O)CN(CC)CCN(CCNCC(=O)O)CC(=O)O)CC2)NC(=O)CCSCc2cccc(n2)CSCCNC1=O. The average molecular weight is 908 g/mol. The number of nitrogens with one attached hydrogen (secondary N) is 5. The average Bonchev–Trinajstić information content (AvgIpc) is 3.23. The molecule has 2 aliphatic rings. The molecule has 5 amide bonds. The Hall–Kier alpha value is -3.98. The second-order valence-corrected chi connectivity index (χ2v) is 18.6. The maximum atomic E-state index is 14.5. The number of carboxylic acid groups (broad SMARTS) is 2. The number of pyridine rings is 1. The van der Waals surface area contributed by atoms with Crippen LogP contribution in [0.3, 0.4) is 0 Å². The number of likely N-dealkylation sites (tertiary alicyclic amines) is 1. The molecule has 0 aromatic carbocycles. The van der Waals surface area contributed by atoms with Crippen LogP contribution >= 0.6 is 23.5 Å². The molecular weight excluding hydrogens is 839 g/mol. The van der Waals surface area contributed by atoms with E-state index in [4.69, 9.17) is 10.1 Å². The van der Waals surface area contributed by atoms with Crippen LogP contribution in [-0.4, -0.2) is 172 Å². The van der Waals surface area contributed by atoms with Crippen LogP contribution in [-0.2, 0) is 45.1 Å². The van der Waals surface area contributed by atoms with Crippen LogP contribution in [0.15, 0.2) is 18.2 Å². The minimum atomic E-state index is -1.41. The van der Waals surface area contributed by atoms with Gasteiger partial charge in [0.15, 0.2) is 0 Å². The van der Waals surface area contributed by atoms with E-state index in [1.807, 2.05) is 57.7 Å². The number of carboxylic acids is 2. The largest absolute Gasteiger partial charge is 0.480 e. The molecule has 0 saturated carbocycles. The molecule has 7 N–H and O–H groups in total. The Labute approximate surface area is 374 Å². The number of hydrogen-bond donors (Lipinski definition) is 7. The summed E-state index contributed by atoms with van der Waals surface area (Å²) in [5.41, 5.74) is 0.398. The molecule has 1 aromatic heterocycles. The van der Waals surface area contributed by atoms with Crippen molar-refractivity contribution in [2.45, 2.75) is 95.9 Å². The Balaban J connectivity index is 1.80. The number of carbonyl (C=O) groups is 7. The molecule has 1 aromatic rings. The zero-order chi connectivity index (χ0) is 45.7. The number of piperidine rings is 1. The molecule has 62 heavy (non-hydrogen) atoms. The Morgan fingerprint density at radius 3 is 2.18 bits per heavy atom. The second kappa shape index (κ2) is 27.3. The molecule has 1 spiro atoms. The van der Waals surface area contributed by atoms with Gasteiger partial charge < -0.3 is 41.7 Å². The lowest BCUT2D eigenvalue weighted by molar-refractivity contribution is -0.142. The summed E-state index contributed by atoms with van der Waals surface area (Å²) in [7, 11) is 0. The molecule has 2 aliphatic heterocycles. The maximum absolute atomic E-state index is 14.5. The van der Waals surface area contributed by atoms with Crippen molar-refractivity contribution < 1.29 is 43.8 Å². The first kappa shape index (κ1) is 52.4. The molecule has 2 bridgehead atoms. The van der Waals surface area contributed by atoms with Crippen LogP contribution in [0.1, 0.15) is 78.1 Å². The zero-order valence-electron chi connectivity index (χ0n) is 37.0. The van der Waals surface area contributed by atoms with Crippen LogP contribution in [0.5, 0.6) is 0 Å². The number of amides is 5. The highest BCUT2D eigenvalue weighted by atomic mass is 32.2. The Bertz CT molecular complexity index is 1650. The van der Waals surface area contributed by atoms with E-state index in [1.165, 1.54) is 0 Å². The number of rotatable bonds is 17. The third-order valence-corrected chi connectivity index (χ3v) is 13.1. The summed E-state index contributed by atoms with van der Waals surface area (Å²) in [6.45, 7) is 11.8. The van der Waals surface area contributed by atoms with Crippen molar-refractivity contribution in [2.75, 3.05) is 83.5 Å². The van der Waals surface area contributed by atoms with Crippen LogP contribution in [0, 0.1) is 11.8 Å². The molecule has 0 aliphatic carbocycles. The number of nitrogens with zero attached hydrogens (tertiary/aromatic N) is 4. The van der Waals surface area contributed by atoms with Gasteiger partial charge in [-0.15, -0.1) is 0 Å². The third kappa shape index (κ3) is 18.4. The van der Waals surface area contributed by atoms with E-state index in [0.717, 1.165) is 11.4 Å². The van der Waals surface area contributed by atoms with Gasteiger partial charge in [0, 0.05) is 75.2 Å². The topological polar surface area (TPSA) is 243 Å². The number of aromatic nitrogens is 1. The summed E-state index contributed by atoms with van der Waals surface area (Å²) in [4.78, 5) is 102. The molecule has 3 atom stereocenters. The summed E-state index contributed by atoms with van der Waals surface area (Å²) in [6.07, 6.45) is 1.27. The van der Waals surface area contributed by atoms with Gasteiger partial charge in [-0.2, -0.15) is 23.5 Å². The summed E-state index contributed by atoms with van der Waals surface area (Å²) < 4.78 is 0. The van der Waals surface area contributed by atoms with Crippen molar-refractivity contribution in [1.29, 1.82) is 0 Å². The highest BCUT2D eigenvalue weighted by molar-refractivity contribution is 7.98. The zero-order valence-corrected chi connectivity index (χ0v) is 38.7. The van der Waals surface area contributed by atoms with Crippen LogP contribution < -0.4 is 26.6 Å². The Morgan fingerprint density at radius 1 is 0.903 bits per heavy atom. The lowest BCUT2D eigenvalue weighted by Gasteiger charge is -2.42. The van der Waals surface area contributed by atoms with Crippen LogP contribution in [0.2, 0.25) is 0 Å². The summed E-state index contributed by atoms with van der Waals surface area (Å²) in [5, 5.41) is 33.0. The molecule has 3 heterocycles. The van der Waals surface area contributed by atoms with Crippen molar-refractivity contribution in [3.05, 3.63) is 29.6 Å². The van der Waals surface area contributed by atoms with E-state index in [9.17, 15) is 38.7 Å². The molecule has 1 saturated heterocycles. The monoisotopic (exact) mass is 907 g/mol. The molecule has 0 radical (unpaired) electrons. The minimum Gasteiger partial charge on any atom is -0.480 e. The number of fused-ring (bicyclic) bond motifs is 2. The highest BCUT2D eigenvalue weighted by Gasteiger charge is 2.45. The number of carbonyl (C=O) groups excluding carboxylic acids is 5. The first-order chi connectivity index (χ1) is 29.5. The van der Waals surface area contributed by atoms with Gasteiger partial charge in [0.25, 0.3) is 0 Å². The fourth-order valence-electron chi connectivity index (χ4n) is 7.21. The van der Waals surface area contributed by atoms with Gasteiger partial charge >= 0.3 is 11.9 Å². The standard InChI is InChI=1S/C42H69N9O9S2/c1-6-30(5)38-40(59)44-15-22-62-28-32-10-8-9-31(45-32)27-61-21-11-34(52)48-42(41(60)46-33(23-29(3)4)39(58)47-38)12-16-51(17-13-42)35(53)25-49(7-2)19-20-50(26-37(56)57)18-14-43-24-36(54)55/h8-10,29-30,33,38,43H,6-7,11-28H2,1-5H3,(H,44,59)(H,46,60)(H,47,58)(H,48,52)(H,54,55)(H,56,57)/t30-,33-,38-/m0/s1. The van der Waals surface area contributed by atoms with E-state index >= 15 is 0 Å². The van der Waals surface area contributed by atoms with Gasteiger partial charge in [-0.05, 0) is 49.8 Å². The number of hydrogen-bond acceptors (Lipinski definition) is 13. The first-order valence-electron chi connectivity index (χ1n) is 21.7. The van der Waals surface area contributed by atoms with Crippen molar-refractivity contribution >= 4 is 65.0 Å². The van der Waals surface area contributed by atoms with Gasteiger partial charge in [-0.25, -0.2) is 0 Å². The van der Waals surface area contributed by atoms with E-state index < -0.39 is 41.4 Å². The molecule has 0 unspecified atom stereocenters. The smallest absolute Gasteiger partial charge is 0.317 e. The number of thioether (sulfide) groups is 2. The van der Waals surface area contributed by atoms with Crippen LogP contribution in [0.4, 0.5) is 0 Å². The summed E-state index contributed by atoms with van der Waals surface area (Å²) >= 11 is 3.21. The van der Waals surface area contributed by atoms with Gasteiger partial charge in [-0.1, -0.05) is 47.1 Å². The van der Waals surface area contributed by atoms with Gasteiger partial charge in [0.1, 0.15) is 17.6 Å². The van der Waals surface area contributed by atoms with Gasteiger partial charge in [0.2, 0.25) is 29.5 Å². The summed E-state index contributed by atoms with van der Waals surface area (Å²) in [6, 6.07) is 4.05. The fourth-order valence-corrected chi connectivity index (χ4v) is 8.82. The second-order valence-electron chi connectivity index (χ2n) is 16.4. The van der Waals surface area contributed by atoms with E-state index in [2.05, 4.69) is 26.6 Å². The Kier molecular flexibility index (Phi) is 23.0. The van der Waals surface area contributed by atoms with Crippen LogP contribution in [0.25, 0.3) is 0 Å². The maximum Gasteiger partial charge on any atom is 0.317 e. The van der Waals surface area contributed by atoms with E-state index in [-0.39, 0.29) is 94.5 Å². The molecule has 20 heteroatoms. The third-order valence-electron chi connectivity index (χ3n) is 11.1. The molecular formula is C42H69N9O9S2. The van der Waals surface area contributed by atoms with E-state index in [1.54, 1.807) is 33.3 Å². The lowest BCUT2D eigenvalue weighted by atomic mass is 9.85. The molecule has 3 rings (SSSR count). The fraction of sp³-hybridized carbons (Fsp3) is 0.714. The van der Waals surface area contributed by atoms with Gasteiger partial charge in [0.05, 0.1) is 31.0 Å². The molecule has 348 valence electrons.